The summed E-state index contributed by atoms with van der Waals surface area (Å²) in [6.45, 7) is 0.785. The van der Waals surface area contributed by atoms with Crippen LogP contribution in [0.15, 0.2) is 41.3 Å². The van der Waals surface area contributed by atoms with Crippen LogP contribution in [-0.4, -0.2) is 17.4 Å². The summed E-state index contributed by atoms with van der Waals surface area (Å²) in [7, 11) is 0. The van der Waals surface area contributed by atoms with Gasteiger partial charge in [0.2, 0.25) is 5.91 Å². The molecule has 92 valence electrons. The Morgan fingerprint density at radius 2 is 2.28 bits per heavy atom. The Morgan fingerprint density at radius 3 is 3.11 bits per heavy atom. The summed E-state index contributed by atoms with van der Waals surface area (Å²) in [5.41, 5.74) is 2.97. The first kappa shape index (κ1) is 11.0. The van der Waals surface area contributed by atoms with Crippen molar-refractivity contribution in [3.63, 3.8) is 0 Å². The predicted molar refractivity (Wildman–Crippen MR) is 67.3 cm³/mol. The third-order valence-corrected chi connectivity index (χ3v) is 3.23. The van der Waals surface area contributed by atoms with Crippen LogP contribution in [0.5, 0.6) is 0 Å². The second kappa shape index (κ2) is 4.64. The molecular weight excluding hydrogens is 228 g/mol. The van der Waals surface area contributed by atoms with E-state index < -0.39 is 0 Å². The molecule has 4 heteroatoms. The molecule has 1 aromatic carbocycles. The first-order valence-electron chi connectivity index (χ1n) is 6.10. The molecule has 1 amide bonds. The summed E-state index contributed by atoms with van der Waals surface area (Å²) >= 11 is 0. The number of carbonyl (C=O) groups excluding carboxylic acids is 1. The number of aryl methyl sites for hydroxylation is 1. The van der Waals surface area contributed by atoms with Gasteiger partial charge >= 0.3 is 0 Å². The van der Waals surface area contributed by atoms with E-state index in [1.807, 2.05) is 23.1 Å². The minimum absolute atomic E-state index is 0.0797. The Bertz CT molecular complexity index is 549. The molecule has 2 aromatic rings. The minimum atomic E-state index is 0.0797. The lowest BCUT2D eigenvalue weighted by atomic mass is 10.0. The van der Waals surface area contributed by atoms with E-state index in [0.717, 1.165) is 25.1 Å². The van der Waals surface area contributed by atoms with Crippen LogP contribution in [0, 0.1) is 0 Å². The van der Waals surface area contributed by atoms with Gasteiger partial charge in [-0.15, -0.1) is 0 Å². The average Bonchev–Trinajstić information content (AvgIpc) is 2.91. The molecule has 1 aliphatic heterocycles. The number of anilines is 1. The van der Waals surface area contributed by atoms with Crippen LogP contribution in [0.3, 0.4) is 0 Å². The number of nitrogens with zero attached hydrogens (tertiary/aromatic N) is 2. The van der Waals surface area contributed by atoms with E-state index in [-0.39, 0.29) is 5.91 Å². The Labute approximate surface area is 105 Å². The van der Waals surface area contributed by atoms with E-state index in [1.54, 1.807) is 0 Å². The molecule has 3 rings (SSSR count). The molecule has 0 spiro atoms. The number of fused-ring (bicyclic) bond motifs is 1. The Hall–Kier alpha value is -2.10. The topological polar surface area (TPSA) is 46.3 Å². The van der Waals surface area contributed by atoms with Crippen LogP contribution in [0.4, 0.5) is 5.69 Å². The highest BCUT2D eigenvalue weighted by molar-refractivity contribution is 5.95. The summed E-state index contributed by atoms with van der Waals surface area (Å²) in [5, 5.41) is 0. The lowest BCUT2D eigenvalue weighted by molar-refractivity contribution is -0.118. The van der Waals surface area contributed by atoms with Crippen molar-refractivity contribution in [1.29, 1.82) is 0 Å². The van der Waals surface area contributed by atoms with Gasteiger partial charge in [-0.05, 0) is 24.5 Å². The summed E-state index contributed by atoms with van der Waals surface area (Å²) < 4.78 is 4.89. The number of hydrogen-bond acceptors (Lipinski definition) is 3. The molecule has 0 saturated heterocycles. The summed E-state index contributed by atoms with van der Waals surface area (Å²) in [5.74, 6) is 0.0797. The number of oxazole rings is 1. The fourth-order valence-corrected chi connectivity index (χ4v) is 2.37. The number of aromatic nitrogens is 1. The molecule has 2 heterocycles. The second-order valence-corrected chi connectivity index (χ2v) is 4.43. The third-order valence-electron chi connectivity index (χ3n) is 3.23. The van der Waals surface area contributed by atoms with Gasteiger partial charge in [0.15, 0.2) is 6.39 Å². The summed E-state index contributed by atoms with van der Waals surface area (Å²) in [4.78, 5) is 18.1. The summed E-state index contributed by atoms with van der Waals surface area (Å²) in [6.07, 6.45) is 5.23. The zero-order valence-electron chi connectivity index (χ0n) is 10.0. The van der Waals surface area contributed by atoms with Crippen LogP contribution in [0.25, 0.3) is 0 Å². The van der Waals surface area contributed by atoms with Crippen LogP contribution >= 0.6 is 0 Å². The molecule has 0 N–H and O–H groups in total. The predicted octanol–water partition coefficient (Wildman–Crippen LogP) is 2.20. The van der Waals surface area contributed by atoms with Crippen molar-refractivity contribution in [2.45, 2.75) is 19.3 Å². The first-order chi connectivity index (χ1) is 8.84. The maximum Gasteiger partial charge on any atom is 0.233 e. The van der Waals surface area contributed by atoms with Gasteiger partial charge in [0, 0.05) is 12.2 Å². The minimum Gasteiger partial charge on any atom is -0.451 e. The van der Waals surface area contributed by atoms with Crippen molar-refractivity contribution in [3.8, 4) is 0 Å². The molecule has 0 saturated carbocycles. The molecule has 0 radical (unpaired) electrons. The Balaban J connectivity index is 1.83. The largest absolute Gasteiger partial charge is 0.451 e. The van der Waals surface area contributed by atoms with Gasteiger partial charge in [-0.3, -0.25) is 4.79 Å². The summed E-state index contributed by atoms with van der Waals surface area (Å²) in [6, 6.07) is 8.09. The molecule has 0 unspecified atom stereocenters. The molecule has 0 bridgehead atoms. The number of para-hydroxylation sites is 1. The molecular formula is C14H14N2O2. The molecule has 0 atom stereocenters. The van der Waals surface area contributed by atoms with Crippen molar-refractivity contribution in [2.75, 3.05) is 11.4 Å². The maximum atomic E-state index is 12.3. The van der Waals surface area contributed by atoms with Gasteiger partial charge in [-0.1, -0.05) is 18.2 Å². The first-order valence-corrected chi connectivity index (χ1v) is 6.10. The highest BCUT2D eigenvalue weighted by atomic mass is 16.3. The van der Waals surface area contributed by atoms with E-state index in [4.69, 9.17) is 4.42 Å². The van der Waals surface area contributed by atoms with Crippen LogP contribution in [0.1, 0.15) is 17.7 Å². The SMILES string of the molecule is O=C(Cc1cocn1)N1CCCc2ccccc21. The third kappa shape index (κ3) is 2.01. The monoisotopic (exact) mass is 242 g/mol. The highest BCUT2D eigenvalue weighted by Crippen LogP contribution is 2.27. The molecule has 0 fully saturated rings. The van der Waals surface area contributed by atoms with Gasteiger partial charge in [-0.2, -0.15) is 0 Å². The molecule has 1 aromatic heterocycles. The normalized spacial score (nSPS) is 14.3. The van der Waals surface area contributed by atoms with Crippen molar-refractivity contribution < 1.29 is 9.21 Å². The van der Waals surface area contributed by atoms with Crippen LogP contribution < -0.4 is 4.90 Å². The van der Waals surface area contributed by atoms with Gasteiger partial charge in [-0.25, -0.2) is 4.98 Å². The average molecular weight is 242 g/mol. The lowest BCUT2D eigenvalue weighted by Crippen LogP contribution is -2.36. The van der Waals surface area contributed by atoms with Gasteiger partial charge < -0.3 is 9.32 Å². The molecule has 4 nitrogen and oxygen atoms in total. The molecule has 0 aliphatic carbocycles. The van der Waals surface area contributed by atoms with E-state index >= 15 is 0 Å². The standard InChI is InChI=1S/C14H14N2O2/c17-14(8-12-9-18-10-15-12)16-7-3-5-11-4-1-2-6-13(11)16/h1-2,4,6,9-10H,3,5,7-8H2. The van der Waals surface area contributed by atoms with E-state index in [1.165, 1.54) is 18.2 Å². The van der Waals surface area contributed by atoms with Crippen molar-refractivity contribution in [1.82, 2.24) is 4.98 Å². The fourth-order valence-electron chi connectivity index (χ4n) is 2.37. The van der Waals surface area contributed by atoms with Gasteiger partial charge in [0.25, 0.3) is 0 Å². The Kier molecular flexibility index (Phi) is 2.84. The number of rotatable bonds is 2. The Morgan fingerprint density at radius 1 is 1.39 bits per heavy atom. The number of hydrogen-bond donors (Lipinski definition) is 0. The second-order valence-electron chi connectivity index (χ2n) is 4.43. The number of amides is 1. The van der Waals surface area contributed by atoms with E-state index in [2.05, 4.69) is 11.1 Å². The van der Waals surface area contributed by atoms with Crippen molar-refractivity contribution >= 4 is 11.6 Å². The van der Waals surface area contributed by atoms with Gasteiger partial charge in [0.1, 0.15) is 6.26 Å². The van der Waals surface area contributed by atoms with Crippen LogP contribution in [0.2, 0.25) is 0 Å². The highest BCUT2D eigenvalue weighted by Gasteiger charge is 2.22. The zero-order valence-corrected chi connectivity index (χ0v) is 10.0. The fraction of sp³-hybridized carbons (Fsp3) is 0.286. The number of benzene rings is 1. The van der Waals surface area contributed by atoms with E-state index in [0.29, 0.717) is 12.1 Å². The lowest BCUT2D eigenvalue weighted by Gasteiger charge is -2.29. The smallest absolute Gasteiger partial charge is 0.233 e. The molecule has 1 aliphatic rings. The maximum absolute atomic E-state index is 12.3. The molecule has 18 heavy (non-hydrogen) atoms. The number of carbonyl (C=O) groups is 1. The van der Waals surface area contributed by atoms with Crippen molar-refractivity contribution in [3.05, 3.63) is 48.2 Å². The van der Waals surface area contributed by atoms with Crippen molar-refractivity contribution in [2.24, 2.45) is 0 Å². The van der Waals surface area contributed by atoms with Gasteiger partial charge in [0.05, 0.1) is 12.1 Å². The quantitative estimate of drug-likeness (QED) is 0.811. The van der Waals surface area contributed by atoms with Crippen LogP contribution in [-0.2, 0) is 17.6 Å². The zero-order chi connectivity index (χ0) is 12.4. The van der Waals surface area contributed by atoms with E-state index in [9.17, 15) is 4.79 Å².